The number of carbonyl (C=O) groups is 1. The van der Waals surface area contributed by atoms with Crippen LogP contribution in [0.2, 0.25) is 0 Å². The Hall–Kier alpha value is -0.220. The molecule has 2 aliphatic rings. The normalized spacial score (nSPS) is 28.7. The quantitative estimate of drug-likeness (QED) is 0.745. The molecule has 1 atom stereocenters. The van der Waals surface area contributed by atoms with Crippen LogP contribution in [0.25, 0.3) is 0 Å². The zero-order valence-corrected chi connectivity index (χ0v) is 9.94. The molecule has 2 rings (SSSR count). The van der Waals surface area contributed by atoms with Crippen molar-refractivity contribution in [3.05, 3.63) is 0 Å². The van der Waals surface area contributed by atoms with Crippen LogP contribution in [0, 0.1) is 0 Å². The number of piperidine rings is 1. The third-order valence-electron chi connectivity index (χ3n) is 3.19. The number of hydrogen-bond acceptors (Lipinski definition) is 3. The van der Waals surface area contributed by atoms with Crippen molar-refractivity contribution in [2.45, 2.75) is 44.2 Å². The molecule has 0 saturated carbocycles. The first kappa shape index (κ1) is 11.3. The first-order valence-corrected chi connectivity index (χ1v) is 7.13. The summed E-state index contributed by atoms with van der Waals surface area (Å²) in [6.07, 6.45) is 5.69. The van der Waals surface area contributed by atoms with Crippen molar-refractivity contribution in [2.24, 2.45) is 0 Å². The van der Waals surface area contributed by atoms with Gasteiger partial charge in [0, 0.05) is 6.04 Å². The van der Waals surface area contributed by atoms with Crippen LogP contribution in [0.3, 0.4) is 0 Å². The second-order valence-corrected chi connectivity index (χ2v) is 5.62. The van der Waals surface area contributed by atoms with Gasteiger partial charge in [-0.05, 0) is 43.7 Å². The van der Waals surface area contributed by atoms with Crippen LogP contribution >= 0.6 is 11.8 Å². The maximum Gasteiger partial charge on any atom is 0.237 e. The van der Waals surface area contributed by atoms with E-state index in [4.69, 9.17) is 0 Å². The third-order valence-corrected chi connectivity index (χ3v) is 4.24. The standard InChI is InChI=1S/C11H20N2OS/c14-11(10-3-1-2-6-12-10)13-9-4-7-15-8-5-9/h9-10,12H,1-8H2,(H,13,14). The van der Waals surface area contributed by atoms with Gasteiger partial charge in [0.1, 0.15) is 0 Å². The SMILES string of the molecule is O=C(NC1CCSCC1)C1CCCCN1. The van der Waals surface area contributed by atoms with E-state index < -0.39 is 0 Å². The molecule has 2 fully saturated rings. The molecule has 2 N–H and O–H groups in total. The van der Waals surface area contributed by atoms with E-state index in [-0.39, 0.29) is 11.9 Å². The average molecular weight is 228 g/mol. The lowest BCUT2D eigenvalue weighted by Crippen LogP contribution is -2.50. The Morgan fingerprint density at radius 2 is 2.00 bits per heavy atom. The molecular weight excluding hydrogens is 208 g/mol. The predicted molar refractivity (Wildman–Crippen MR) is 64.1 cm³/mol. The summed E-state index contributed by atoms with van der Waals surface area (Å²) >= 11 is 1.99. The lowest BCUT2D eigenvalue weighted by molar-refractivity contribution is -0.124. The van der Waals surface area contributed by atoms with Crippen molar-refractivity contribution in [1.29, 1.82) is 0 Å². The van der Waals surface area contributed by atoms with Crippen LogP contribution in [-0.4, -0.2) is 36.0 Å². The van der Waals surface area contributed by atoms with Gasteiger partial charge in [0.25, 0.3) is 0 Å². The maximum absolute atomic E-state index is 11.9. The Morgan fingerprint density at radius 1 is 1.20 bits per heavy atom. The van der Waals surface area contributed by atoms with Gasteiger partial charge in [-0.25, -0.2) is 0 Å². The summed E-state index contributed by atoms with van der Waals surface area (Å²) in [7, 11) is 0. The highest BCUT2D eigenvalue weighted by Gasteiger charge is 2.23. The van der Waals surface area contributed by atoms with E-state index in [9.17, 15) is 4.79 Å². The Kier molecular flexibility index (Phi) is 4.32. The van der Waals surface area contributed by atoms with Crippen LogP contribution in [0.15, 0.2) is 0 Å². The van der Waals surface area contributed by atoms with Crippen LogP contribution in [-0.2, 0) is 4.79 Å². The van der Waals surface area contributed by atoms with Gasteiger partial charge in [-0.1, -0.05) is 6.42 Å². The Labute approximate surface area is 95.8 Å². The van der Waals surface area contributed by atoms with Crippen molar-refractivity contribution in [3.63, 3.8) is 0 Å². The van der Waals surface area contributed by atoms with Gasteiger partial charge in [0.2, 0.25) is 5.91 Å². The molecule has 1 amide bonds. The lowest BCUT2D eigenvalue weighted by atomic mass is 10.0. The van der Waals surface area contributed by atoms with Gasteiger partial charge in [0.05, 0.1) is 6.04 Å². The van der Waals surface area contributed by atoms with Crippen molar-refractivity contribution >= 4 is 17.7 Å². The van der Waals surface area contributed by atoms with E-state index in [2.05, 4.69) is 10.6 Å². The largest absolute Gasteiger partial charge is 0.352 e. The van der Waals surface area contributed by atoms with Crippen molar-refractivity contribution < 1.29 is 4.79 Å². The van der Waals surface area contributed by atoms with E-state index >= 15 is 0 Å². The molecule has 15 heavy (non-hydrogen) atoms. The zero-order valence-electron chi connectivity index (χ0n) is 9.13. The second-order valence-electron chi connectivity index (χ2n) is 4.40. The molecule has 1 unspecified atom stereocenters. The zero-order chi connectivity index (χ0) is 10.5. The molecule has 2 saturated heterocycles. The fourth-order valence-electron chi connectivity index (χ4n) is 2.22. The lowest BCUT2D eigenvalue weighted by Gasteiger charge is -2.27. The van der Waals surface area contributed by atoms with Crippen LogP contribution in [0.1, 0.15) is 32.1 Å². The van der Waals surface area contributed by atoms with Crippen molar-refractivity contribution in [2.75, 3.05) is 18.1 Å². The second kappa shape index (κ2) is 5.75. The molecular formula is C11H20N2OS. The molecule has 0 aliphatic carbocycles. The number of hydrogen-bond donors (Lipinski definition) is 2. The number of thioether (sulfide) groups is 1. The van der Waals surface area contributed by atoms with Gasteiger partial charge in [-0.3, -0.25) is 4.79 Å². The summed E-state index contributed by atoms with van der Waals surface area (Å²) in [4.78, 5) is 11.9. The molecule has 3 nitrogen and oxygen atoms in total. The summed E-state index contributed by atoms with van der Waals surface area (Å²) in [6.45, 7) is 0.999. The molecule has 0 aromatic heterocycles. The molecule has 4 heteroatoms. The highest BCUT2D eigenvalue weighted by Crippen LogP contribution is 2.17. The number of nitrogens with one attached hydrogen (secondary N) is 2. The van der Waals surface area contributed by atoms with Gasteiger partial charge in [-0.2, -0.15) is 11.8 Å². The predicted octanol–water partition coefficient (Wildman–Crippen LogP) is 1.14. The third kappa shape index (κ3) is 3.38. The molecule has 0 bridgehead atoms. The first-order chi connectivity index (χ1) is 7.36. The molecule has 2 aliphatic heterocycles. The minimum absolute atomic E-state index is 0.0772. The van der Waals surface area contributed by atoms with Gasteiger partial charge in [0.15, 0.2) is 0 Å². The molecule has 0 aromatic rings. The molecule has 0 aromatic carbocycles. The van der Waals surface area contributed by atoms with Crippen LogP contribution < -0.4 is 10.6 Å². The summed E-state index contributed by atoms with van der Waals surface area (Å²) in [5, 5.41) is 6.46. The fourth-order valence-corrected chi connectivity index (χ4v) is 3.33. The van der Waals surface area contributed by atoms with Crippen LogP contribution in [0.5, 0.6) is 0 Å². The summed E-state index contributed by atoms with van der Waals surface area (Å²) in [6, 6.07) is 0.510. The van der Waals surface area contributed by atoms with E-state index in [1.807, 2.05) is 11.8 Å². The van der Waals surface area contributed by atoms with E-state index in [0.717, 1.165) is 25.8 Å². The van der Waals surface area contributed by atoms with Gasteiger partial charge < -0.3 is 10.6 Å². The Morgan fingerprint density at radius 3 is 2.67 bits per heavy atom. The molecule has 2 heterocycles. The average Bonchev–Trinajstić information content (AvgIpc) is 2.31. The minimum atomic E-state index is 0.0772. The fraction of sp³-hybridized carbons (Fsp3) is 0.909. The van der Waals surface area contributed by atoms with E-state index in [1.54, 1.807) is 0 Å². The Balaban J connectivity index is 1.74. The monoisotopic (exact) mass is 228 g/mol. The molecule has 86 valence electrons. The van der Waals surface area contributed by atoms with Gasteiger partial charge in [-0.15, -0.1) is 0 Å². The minimum Gasteiger partial charge on any atom is -0.352 e. The Bertz CT molecular complexity index is 211. The van der Waals surface area contributed by atoms with E-state index in [0.29, 0.717) is 6.04 Å². The summed E-state index contributed by atoms with van der Waals surface area (Å²) in [5.41, 5.74) is 0. The summed E-state index contributed by atoms with van der Waals surface area (Å²) < 4.78 is 0. The molecule has 0 spiro atoms. The number of carbonyl (C=O) groups excluding carboxylic acids is 1. The smallest absolute Gasteiger partial charge is 0.237 e. The number of rotatable bonds is 2. The maximum atomic E-state index is 11.9. The first-order valence-electron chi connectivity index (χ1n) is 5.98. The van der Waals surface area contributed by atoms with Crippen molar-refractivity contribution in [3.8, 4) is 0 Å². The van der Waals surface area contributed by atoms with E-state index in [1.165, 1.54) is 24.3 Å². The topological polar surface area (TPSA) is 41.1 Å². The number of amides is 1. The van der Waals surface area contributed by atoms with Crippen LogP contribution in [0.4, 0.5) is 0 Å². The van der Waals surface area contributed by atoms with Crippen molar-refractivity contribution in [1.82, 2.24) is 10.6 Å². The van der Waals surface area contributed by atoms with Gasteiger partial charge >= 0.3 is 0 Å². The highest BCUT2D eigenvalue weighted by atomic mass is 32.2. The highest BCUT2D eigenvalue weighted by molar-refractivity contribution is 7.99. The summed E-state index contributed by atoms with van der Waals surface area (Å²) in [5.74, 6) is 2.62. The molecule has 0 radical (unpaired) electrons.